The average molecular weight is 735 g/mol. The third kappa shape index (κ3) is 9.96. The summed E-state index contributed by atoms with van der Waals surface area (Å²) in [6, 6.07) is 17.1. The molecule has 14 heteroatoms. The van der Waals surface area contributed by atoms with Gasteiger partial charge in [0, 0.05) is 31.7 Å². The molecule has 0 aliphatic carbocycles. The van der Waals surface area contributed by atoms with Gasteiger partial charge in [-0.15, -0.1) is 0 Å². The van der Waals surface area contributed by atoms with Crippen LogP contribution in [0.4, 0.5) is 0 Å². The molecule has 0 aliphatic rings. The van der Waals surface area contributed by atoms with Crippen molar-refractivity contribution in [1.29, 1.82) is 0 Å². The zero-order valence-electron chi connectivity index (χ0n) is 30.6. The van der Waals surface area contributed by atoms with Gasteiger partial charge in [-0.1, -0.05) is 69.6 Å². The lowest BCUT2D eigenvalue weighted by molar-refractivity contribution is -0.127. The Morgan fingerprint density at radius 1 is 1.02 bits per heavy atom. The molecular weight excluding hydrogens is 685 g/mol. The van der Waals surface area contributed by atoms with Gasteiger partial charge >= 0.3 is 5.69 Å². The summed E-state index contributed by atoms with van der Waals surface area (Å²) < 4.78 is 37.1. The van der Waals surface area contributed by atoms with Crippen LogP contribution in [0, 0.1) is 11.8 Å². The fourth-order valence-corrected chi connectivity index (χ4v) is 7.61. The Morgan fingerprint density at radius 3 is 2.33 bits per heavy atom. The number of rotatable bonds is 18. The van der Waals surface area contributed by atoms with Crippen LogP contribution in [0.25, 0.3) is 0 Å². The summed E-state index contributed by atoms with van der Waals surface area (Å²) in [5, 5.41) is 27.2. The number of hydrogen-bond donors (Lipinski definition) is 3. The zero-order valence-corrected chi connectivity index (χ0v) is 31.4. The molecule has 2 aromatic carbocycles. The largest absolute Gasteiger partial charge is 0.497 e. The molecule has 0 radical (unpaired) electrons. The molecule has 0 bridgehead atoms. The number of carbonyl (C=O) groups is 1. The van der Waals surface area contributed by atoms with Gasteiger partial charge in [0.25, 0.3) is 0 Å². The third-order valence-corrected chi connectivity index (χ3v) is 10.9. The Balaban J connectivity index is 1.64. The van der Waals surface area contributed by atoms with Crippen molar-refractivity contribution >= 4 is 21.6 Å². The number of sulfonamides is 1. The maximum absolute atomic E-state index is 14.3. The van der Waals surface area contributed by atoms with Crippen molar-refractivity contribution in [2.45, 2.75) is 77.1 Å². The van der Waals surface area contributed by atoms with E-state index in [-0.39, 0.29) is 42.8 Å². The molecule has 2 aromatic heterocycles. The molecular formula is C38H50N6O7S. The first-order valence-electron chi connectivity index (χ1n) is 17.4. The summed E-state index contributed by atoms with van der Waals surface area (Å²) in [5.74, 6) is -0.283. The van der Waals surface area contributed by atoms with E-state index in [1.165, 1.54) is 32.7 Å². The quantitative estimate of drug-likeness (QED) is 0.0772. The normalized spacial score (nSPS) is 14.6. The smallest absolute Gasteiger partial charge is 0.329 e. The van der Waals surface area contributed by atoms with Crippen LogP contribution in [0.1, 0.15) is 63.9 Å². The highest BCUT2D eigenvalue weighted by atomic mass is 32.2. The molecule has 0 saturated carbocycles. The lowest BCUT2D eigenvalue weighted by atomic mass is 9.96. The van der Waals surface area contributed by atoms with Crippen LogP contribution in [-0.4, -0.2) is 81.1 Å². The predicted molar refractivity (Wildman–Crippen MR) is 199 cm³/mol. The number of pyridine rings is 1. The molecule has 4 rings (SSSR count). The van der Waals surface area contributed by atoms with E-state index in [2.05, 4.69) is 15.5 Å². The van der Waals surface area contributed by atoms with Crippen LogP contribution in [0.15, 0.2) is 100 Å². The lowest BCUT2D eigenvalue weighted by Crippen LogP contribution is -2.53. The maximum Gasteiger partial charge on any atom is 0.329 e. The number of amides is 1. The minimum absolute atomic E-state index is 0.0568. The van der Waals surface area contributed by atoms with Gasteiger partial charge in [-0.25, -0.2) is 13.2 Å². The number of nitrogens with zero attached hydrogens (tertiary/aromatic N) is 5. The Hall–Kier alpha value is -4.79. The summed E-state index contributed by atoms with van der Waals surface area (Å²) in [6.07, 6.45) is 4.26. The molecule has 13 nitrogen and oxygen atoms in total. The average Bonchev–Trinajstić information content (AvgIpc) is 3.49. The van der Waals surface area contributed by atoms with Gasteiger partial charge in [0.05, 0.1) is 36.4 Å². The number of nitrogens with one attached hydrogen (secondary N) is 1. The van der Waals surface area contributed by atoms with E-state index in [4.69, 9.17) is 9.94 Å². The van der Waals surface area contributed by atoms with Crippen molar-refractivity contribution in [2.75, 3.05) is 20.2 Å². The highest BCUT2D eigenvalue weighted by Crippen LogP contribution is 2.24. The molecule has 280 valence electrons. The second kappa shape index (κ2) is 18.1. The van der Waals surface area contributed by atoms with E-state index in [0.29, 0.717) is 23.6 Å². The van der Waals surface area contributed by atoms with Crippen LogP contribution in [0.3, 0.4) is 0 Å². The standard InChI is InChI=1S/C38H50N6O7S/c1-7-27(4)36(44-20-19-42(38(44)47)24-30-17-18-39-33(22-30)28(5)41-48)37(46)40-34(21-29-11-9-8-10-12-29)35(45)25-43(23-26(2)3)52(49,50)32-15-13-31(51-6)14-16-32/h8-20,22,26-27,34-36,45,48H,7,21,23-25H2,1-6H3,(H,40,46)/t27-,34-,35+,36-/m0/s1. The Kier molecular flexibility index (Phi) is 13.9. The minimum atomic E-state index is -4.03. The highest BCUT2D eigenvalue weighted by Gasteiger charge is 2.34. The summed E-state index contributed by atoms with van der Waals surface area (Å²) in [7, 11) is -2.53. The van der Waals surface area contributed by atoms with Crippen molar-refractivity contribution in [1.82, 2.24) is 23.7 Å². The van der Waals surface area contributed by atoms with Crippen molar-refractivity contribution in [3.63, 3.8) is 0 Å². The first-order chi connectivity index (χ1) is 24.8. The van der Waals surface area contributed by atoms with E-state index in [1.807, 2.05) is 58.0 Å². The molecule has 1 amide bonds. The molecule has 4 aromatic rings. The number of benzene rings is 2. The van der Waals surface area contributed by atoms with Crippen LogP contribution in [0.5, 0.6) is 5.75 Å². The number of ether oxygens (including phenoxy) is 1. The second-order valence-electron chi connectivity index (χ2n) is 13.4. The number of imidazole rings is 1. The molecule has 4 atom stereocenters. The number of carbonyl (C=O) groups excluding carboxylic acids is 1. The third-order valence-electron chi connectivity index (χ3n) is 9.07. The number of aromatic nitrogens is 3. The van der Waals surface area contributed by atoms with Crippen molar-refractivity contribution in [2.24, 2.45) is 17.0 Å². The fourth-order valence-electron chi connectivity index (χ4n) is 5.99. The predicted octanol–water partition coefficient (Wildman–Crippen LogP) is 4.32. The number of aliphatic hydroxyl groups excluding tert-OH is 1. The Morgan fingerprint density at radius 2 is 1.71 bits per heavy atom. The molecule has 0 aliphatic heterocycles. The first-order valence-corrected chi connectivity index (χ1v) is 18.8. The molecule has 0 fully saturated rings. The lowest BCUT2D eigenvalue weighted by Gasteiger charge is -2.32. The number of hydrogen-bond acceptors (Lipinski definition) is 9. The zero-order chi connectivity index (χ0) is 38.0. The summed E-state index contributed by atoms with van der Waals surface area (Å²) in [6.45, 7) is 9.28. The summed E-state index contributed by atoms with van der Waals surface area (Å²) in [5.41, 5.74) is 1.98. The number of aliphatic hydroxyl groups is 1. The van der Waals surface area contributed by atoms with E-state index in [1.54, 1.807) is 49.8 Å². The highest BCUT2D eigenvalue weighted by molar-refractivity contribution is 7.89. The minimum Gasteiger partial charge on any atom is -0.497 e. The molecule has 3 N–H and O–H groups in total. The number of oxime groups is 1. The van der Waals surface area contributed by atoms with Gasteiger partial charge < -0.3 is 20.4 Å². The van der Waals surface area contributed by atoms with Crippen LogP contribution in [-0.2, 0) is 27.8 Å². The Labute approximate surface area is 305 Å². The van der Waals surface area contributed by atoms with Crippen molar-refractivity contribution in [3.8, 4) is 5.75 Å². The topological polar surface area (TPSA) is 168 Å². The number of methoxy groups -OCH3 is 1. The van der Waals surface area contributed by atoms with Crippen LogP contribution in [0.2, 0.25) is 0 Å². The van der Waals surface area contributed by atoms with Gasteiger partial charge in [0.2, 0.25) is 15.9 Å². The van der Waals surface area contributed by atoms with Crippen LogP contribution >= 0.6 is 0 Å². The summed E-state index contributed by atoms with van der Waals surface area (Å²) in [4.78, 5) is 32.3. The Bertz CT molecular complexity index is 1960. The fraction of sp³-hybridized carbons (Fsp3) is 0.421. The van der Waals surface area contributed by atoms with Gasteiger partial charge in [-0.3, -0.25) is 18.9 Å². The monoisotopic (exact) mass is 734 g/mol. The molecule has 52 heavy (non-hydrogen) atoms. The van der Waals surface area contributed by atoms with E-state index in [9.17, 15) is 23.1 Å². The van der Waals surface area contributed by atoms with Crippen molar-refractivity contribution < 1.29 is 28.3 Å². The summed E-state index contributed by atoms with van der Waals surface area (Å²) >= 11 is 0. The maximum atomic E-state index is 14.3. The van der Waals surface area contributed by atoms with E-state index in [0.717, 1.165) is 11.1 Å². The molecule has 0 saturated heterocycles. The van der Waals surface area contributed by atoms with Gasteiger partial charge in [0.15, 0.2) is 0 Å². The van der Waals surface area contributed by atoms with Crippen LogP contribution < -0.4 is 15.7 Å². The van der Waals surface area contributed by atoms with Gasteiger partial charge in [0.1, 0.15) is 17.5 Å². The van der Waals surface area contributed by atoms with Gasteiger partial charge in [-0.05, 0) is 72.7 Å². The van der Waals surface area contributed by atoms with Gasteiger partial charge in [-0.2, -0.15) is 4.31 Å². The molecule has 2 heterocycles. The van der Waals surface area contributed by atoms with E-state index >= 15 is 0 Å². The van der Waals surface area contributed by atoms with E-state index < -0.39 is 39.8 Å². The SMILES string of the molecule is CC[C@H](C)[C@@H](C(=O)N[C@@H](Cc1ccccc1)[C@H](O)CN(CC(C)C)S(=O)(=O)c1ccc(OC)cc1)n1ccn(Cc2ccnc(C(C)=NO)c2)c1=O. The first kappa shape index (κ1) is 40.0. The second-order valence-corrected chi connectivity index (χ2v) is 15.4. The van der Waals surface area contributed by atoms with Crippen molar-refractivity contribution in [3.05, 3.63) is 113 Å². The molecule has 0 unspecified atom stereocenters. The molecule has 0 spiro atoms.